The van der Waals surface area contributed by atoms with E-state index in [-0.39, 0.29) is 18.8 Å². The van der Waals surface area contributed by atoms with Crippen molar-refractivity contribution in [3.05, 3.63) is 35.1 Å². The first kappa shape index (κ1) is 12.2. The van der Waals surface area contributed by atoms with E-state index in [4.69, 9.17) is 5.73 Å². The Labute approximate surface area is 93.4 Å². The quantitative estimate of drug-likeness (QED) is 0.603. The molecule has 2 N–H and O–H groups in total. The Kier molecular flexibility index (Phi) is 4.49. The molecule has 1 aromatic carbocycles. The van der Waals surface area contributed by atoms with Gasteiger partial charge in [-0.25, -0.2) is 4.39 Å². The summed E-state index contributed by atoms with van der Waals surface area (Å²) < 4.78 is 17.7. The van der Waals surface area contributed by atoms with Crippen LogP contribution in [-0.4, -0.2) is 13.1 Å². The molecule has 4 heteroatoms. The van der Waals surface area contributed by atoms with E-state index in [0.717, 1.165) is 0 Å². The minimum Gasteiger partial charge on any atom is -0.468 e. The van der Waals surface area contributed by atoms with Crippen molar-refractivity contribution in [2.24, 2.45) is 5.73 Å². The van der Waals surface area contributed by atoms with Crippen LogP contribution in [0.4, 0.5) is 4.39 Å². The van der Waals surface area contributed by atoms with Crippen LogP contribution in [0.25, 0.3) is 0 Å². The Hall–Kier alpha value is -1.86. The van der Waals surface area contributed by atoms with Gasteiger partial charge in [-0.15, -0.1) is 0 Å². The summed E-state index contributed by atoms with van der Waals surface area (Å²) in [7, 11) is 1.29. The van der Waals surface area contributed by atoms with Crippen LogP contribution < -0.4 is 5.73 Å². The highest BCUT2D eigenvalue weighted by molar-refractivity contribution is 5.72. The fraction of sp³-hybridized carbons (Fsp3) is 0.250. The third kappa shape index (κ3) is 3.37. The Morgan fingerprint density at radius 1 is 1.56 bits per heavy atom. The summed E-state index contributed by atoms with van der Waals surface area (Å²) in [6, 6.07) is 4.54. The summed E-state index contributed by atoms with van der Waals surface area (Å²) in [5.41, 5.74) is 6.28. The summed E-state index contributed by atoms with van der Waals surface area (Å²) in [6.07, 6.45) is -0.00321. The predicted octanol–water partition coefficient (Wildman–Crippen LogP) is 1.20. The van der Waals surface area contributed by atoms with E-state index in [1.165, 1.54) is 13.2 Å². The number of ether oxygens (including phenoxy) is 1. The number of benzene rings is 1. The van der Waals surface area contributed by atoms with Gasteiger partial charge in [0.15, 0.2) is 0 Å². The number of rotatable bonds is 2. The van der Waals surface area contributed by atoms with E-state index >= 15 is 0 Å². The molecule has 0 atom stereocenters. The fourth-order valence-electron chi connectivity index (χ4n) is 1.08. The molecule has 0 spiro atoms. The molecule has 84 valence electrons. The molecule has 0 radical (unpaired) electrons. The van der Waals surface area contributed by atoms with Crippen molar-refractivity contribution < 1.29 is 13.9 Å². The van der Waals surface area contributed by atoms with Gasteiger partial charge < -0.3 is 10.5 Å². The number of nitrogens with two attached hydrogens (primary N) is 1. The van der Waals surface area contributed by atoms with E-state index in [1.54, 1.807) is 12.1 Å². The van der Waals surface area contributed by atoms with Crippen LogP contribution in [-0.2, 0) is 16.1 Å². The fourth-order valence-corrected chi connectivity index (χ4v) is 1.08. The van der Waals surface area contributed by atoms with Crippen molar-refractivity contribution in [2.75, 3.05) is 7.11 Å². The molecular formula is C12H12FNO2. The lowest BCUT2D eigenvalue weighted by molar-refractivity contribution is -0.139. The maximum Gasteiger partial charge on any atom is 0.317 e. The maximum absolute atomic E-state index is 13.3. The molecule has 0 aliphatic carbocycles. The first-order chi connectivity index (χ1) is 7.67. The van der Waals surface area contributed by atoms with Crippen molar-refractivity contribution in [3.8, 4) is 11.8 Å². The second-order valence-corrected chi connectivity index (χ2v) is 3.06. The minimum absolute atomic E-state index is 0.00321. The molecule has 0 saturated heterocycles. The molecule has 3 nitrogen and oxygen atoms in total. The topological polar surface area (TPSA) is 52.3 Å². The van der Waals surface area contributed by atoms with E-state index in [1.807, 2.05) is 0 Å². The van der Waals surface area contributed by atoms with Gasteiger partial charge in [0.2, 0.25) is 0 Å². The number of methoxy groups -OCH3 is 1. The van der Waals surface area contributed by atoms with E-state index < -0.39 is 5.97 Å². The van der Waals surface area contributed by atoms with Crippen LogP contribution in [0.2, 0.25) is 0 Å². The van der Waals surface area contributed by atoms with Gasteiger partial charge in [0, 0.05) is 17.7 Å². The van der Waals surface area contributed by atoms with Gasteiger partial charge in [0.1, 0.15) is 12.2 Å². The zero-order valence-corrected chi connectivity index (χ0v) is 8.92. The van der Waals surface area contributed by atoms with Crippen LogP contribution in [0.5, 0.6) is 0 Å². The summed E-state index contributed by atoms with van der Waals surface area (Å²) in [5.74, 6) is 4.47. The van der Waals surface area contributed by atoms with Gasteiger partial charge in [0.05, 0.1) is 7.11 Å². The highest BCUT2D eigenvalue weighted by atomic mass is 19.1. The molecule has 16 heavy (non-hydrogen) atoms. The lowest BCUT2D eigenvalue weighted by atomic mass is 10.1. The van der Waals surface area contributed by atoms with Crippen LogP contribution in [0.1, 0.15) is 17.5 Å². The predicted molar refractivity (Wildman–Crippen MR) is 57.8 cm³/mol. The number of carbonyl (C=O) groups excluding carboxylic acids is 1. The molecule has 0 saturated carbocycles. The standard InChI is InChI=1S/C12H12FNO2/c1-16-12(15)4-2-3-9-5-6-10(8-14)11(13)7-9/h5-7H,4,8,14H2,1H3. The molecule has 0 bridgehead atoms. The van der Waals surface area contributed by atoms with Crippen molar-refractivity contribution in [3.63, 3.8) is 0 Å². The maximum atomic E-state index is 13.3. The minimum atomic E-state index is -0.411. The molecule has 0 aliphatic heterocycles. The number of carbonyl (C=O) groups is 1. The van der Waals surface area contributed by atoms with E-state index in [2.05, 4.69) is 16.6 Å². The lowest BCUT2D eigenvalue weighted by Crippen LogP contribution is -1.99. The summed E-state index contributed by atoms with van der Waals surface area (Å²) in [5, 5.41) is 0. The van der Waals surface area contributed by atoms with Crippen LogP contribution in [0, 0.1) is 17.7 Å². The number of halogens is 1. The van der Waals surface area contributed by atoms with E-state index in [9.17, 15) is 9.18 Å². The third-order valence-corrected chi connectivity index (χ3v) is 1.97. The Morgan fingerprint density at radius 3 is 2.88 bits per heavy atom. The van der Waals surface area contributed by atoms with Gasteiger partial charge in [-0.05, 0) is 12.1 Å². The molecule has 0 aliphatic rings. The van der Waals surface area contributed by atoms with E-state index in [0.29, 0.717) is 11.1 Å². The SMILES string of the molecule is COC(=O)CC#Cc1ccc(CN)c(F)c1. The van der Waals surface area contributed by atoms with Gasteiger partial charge in [0.25, 0.3) is 0 Å². The van der Waals surface area contributed by atoms with Gasteiger partial charge in [-0.1, -0.05) is 17.9 Å². The molecule has 0 heterocycles. The summed E-state index contributed by atoms with van der Waals surface area (Å²) in [6.45, 7) is 0.154. The number of hydrogen-bond acceptors (Lipinski definition) is 3. The molecule has 1 rings (SSSR count). The zero-order valence-electron chi connectivity index (χ0n) is 8.92. The number of hydrogen-bond donors (Lipinski definition) is 1. The second-order valence-electron chi connectivity index (χ2n) is 3.06. The molecule has 0 amide bonds. The lowest BCUT2D eigenvalue weighted by Gasteiger charge is -1.98. The van der Waals surface area contributed by atoms with Crippen molar-refractivity contribution in [1.82, 2.24) is 0 Å². The Morgan fingerprint density at radius 2 is 2.31 bits per heavy atom. The van der Waals surface area contributed by atoms with Gasteiger partial charge >= 0.3 is 5.97 Å². The normalized spacial score (nSPS) is 9.19. The van der Waals surface area contributed by atoms with Gasteiger partial charge in [-0.3, -0.25) is 4.79 Å². The molecular weight excluding hydrogens is 209 g/mol. The molecule has 1 aromatic rings. The molecule has 0 unspecified atom stereocenters. The van der Waals surface area contributed by atoms with Crippen molar-refractivity contribution >= 4 is 5.97 Å². The average molecular weight is 221 g/mol. The highest BCUT2D eigenvalue weighted by Gasteiger charge is 2.00. The first-order valence-corrected chi connectivity index (χ1v) is 4.71. The number of esters is 1. The van der Waals surface area contributed by atoms with Crippen LogP contribution in [0.3, 0.4) is 0 Å². The molecule has 0 aromatic heterocycles. The van der Waals surface area contributed by atoms with Gasteiger partial charge in [-0.2, -0.15) is 0 Å². The smallest absolute Gasteiger partial charge is 0.317 e. The highest BCUT2D eigenvalue weighted by Crippen LogP contribution is 2.08. The first-order valence-electron chi connectivity index (χ1n) is 4.71. The summed E-state index contributed by atoms with van der Waals surface area (Å²) >= 11 is 0. The monoisotopic (exact) mass is 221 g/mol. The molecule has 0 fully saturated rings. The third-order valence-electron chi connectivity index (χ3n) is 1.97. The van der Waals surface area contributed by atoms with Crippen LogP contribution in [0.15, 0.2) is 18.2 Å². The largest absolute Gasteiger partial charge is 0.468 e. The van der Waals surface area contributed by atoms with Crippen molar-refractivity contribution in [2.45, 2.75) is 13.0 Å². The van der Waals surface area contributed by atoms with Crippen LogP contribution >= 0.6 is 0 Å². The summed E-state index contributed by atoms with van der Waals surface area (Å²) in [4.78, 5) is 10.8. The Balaban J connectivity index is 2.75. The Bertz CT molecular complexity index is 446. The second kappa shape index (κ2) is 5.89. The average Bonchev–Trinajstić information content (AvgIpc) is 2.29. The zero-order chi connectivity index (χ0) is 12.0. The van der Waals surface area contributed by atoms with Crippen molar-refractivity contribution in [1.29, 1.82) is 0 Å².